The number of hydrogen-bond donors (Lipinski definition) is 0. The first-order valence-corrected chi connectivity index (χ1v) is 8.97. The van der Waals surface area contributed by atoms with Gasteiger partial charge in [-0.3, -0.25) is 0 Å². The maximum atomic E-state index is 6.19. The van der Waals surface area contributed by atoms with Crippen molar-refractivity contribution < 1.29 is 4.74 Å². The summed E-state index contributed by atoms with van der Waals surface area (Å²) < 4.78 is 6.19. The van der Waals surface area contributed by atoms with E-state index in [9.17, 15) is 0 Å². The van der Waals surface area contributed by atoms with Crippen LogP contribution in [0.15, 0.2) is 0 Å². The summed E-state index contributed by atoms with van der Waals surface area (Å²) in [6.07, 6.45) is 15.6. The number of halogens is 1. The molecule has 2 unspecified atom stereocenters. The lowest BCUT2D eigenvalue weighted by Crippen LogP contribution is -2.56. The SMILES string of the molecule is CCCCCCCOC1CC(Br)C12CCCCC2. The molecule has 0 aromatic carbocycles. The molecule has 0 N–H and O–H groups in total. The van der Waals surface area contributed by atoms with E-state index >= 15 is 0 Å². The van der Waals surface area contributed by atoms with Crippen LogP contribution < -0.4 is 0 Å². The second-order valence-corrected chi connectivity index (χ2v) is 7.38. The van der Waals surface area contributed by atoms with Crippen molar-refractivity contribution >= 4 is 15.9 Å². The predicted molar refractivity (Wildman–Crippen MR) is 81.3 cm³/mol. The highest BCUT2D eigenvalue weighted by Gasteiger charge is 2.54. The van der Waals surface area contributed by atoms with Gasteiger partial charge in [0.15, 0.2) is 0 Å². The van der Waals surface area contributed by atoms with E-state index in [1.807, 2.05) is 0 Å². The zero-order valence-electron chi connectivity index (χ0n) is 11.9. The molecule has 106 valence electrons. The van der Waals surface area contributed by atoms with E-state index in [2.05, 4.69) is 22.9 Å². The van der Waals surface area contributed by atoms with Crippen molar-refractivity contribution in [1.29, 1.82) is 0 Å². The molecule has 1 nitrogen and oxygen atoms in total. The maximum absolute atomic E-state index is 6.19. The Morgan fingerprint density at radius 3 is 2.44 bits per heavy atom. The molecule has 0 bridgehead atoms. The molecule has 0 aromatic rings. The molecule has 2 heteroatoms. The van der Waals surface area contributed by atoms with Gasteiger partial charge in [-0.15, -0.1) is 0 Å². The van der Waals surface area contributed by atoms with Gasteiger partial charge in [-0.2, -0.15) is 0 Å². The van der Waals surface area contributed by atoms with Gasteiger partial charge >= 0.3 is 0 Å². The Morgan fingerprint density at radius 1 is 1.06 bits per heavy atom. The fourth-order valence-electron chi connectivity index (χ4n) is 3.71. The fourth-order valence-corrected chi connectivity index (χ4v) is 4.80. The Morgan fingerprint density at radius 2 is 1.78 bits per heavy atom. The monoisotopic (exact) mass is 316 g/mol. The zero-order valence-corrected chi connectivity index (χ0v) is 13.5. The molecule has 2 fully saturated rings. The van der Waals surface area contributed by atoms with Crippen molar-refractivity contribution in [3.05, 3.63) is 0 Å². The molecule has 18 heavy (non-hydrogen) atoms. The Balaban J connectivity index is 1.64. The van der Waals surface area contributed by atoms with Crippen LogP contribution >= 0.6 is 15.9 Å². The largest absolute Gasteiger partial charge is 0.378 e. The molecule has 2 rings (SSSR count). The Hall–Kier alpha value is 0.440. The Labute approximate surface area is 121 Å². The van der Waals surface area contributed by atoms with Crippen molar-refractivity contribution in [3.63, 3.8) is 0 Å². The van der Waals surface area contributed by atoms with Gasteiger partial charge < -0.3 is 4.74 Å². The molecule has 2 aliphatic carbocycles. The van der Waals surface area contributed by atoms with Crippen LogP contribution in [0.5, 0.6) is 0 Å². The minimum atomic E-state index is 0.516. The molecule has 1 spiro atoms. The van der Waals surface area contributed by atoms with E-state index in [4.69, 9.17) is 4.74 Å². The highest BCUT2D eigenvalue weighted by Crippen LogP contribution is 2.56. The maximum Gasteiger partial charge on any atom is 0.0652 e. The lowest BCUT2D eigenvalue weighted by molar-refractivity contribution is -0.121. The van der Waals surface area contributed by atoms with Gasteiger partial charge in [-0.1, -0.05) is 67.8 Å². The number of rotatable bonds is 7. The average molecular weight is 317 g/mol. The Bertz CT molecular complexity index is 235. The van der Waals surface area contributed by atoms with Crippen LogP contribution in [-0.2, 0) is 4.74 Å². The van der Waals surface area contributed by atoms with Crippen LogP contribution in [0.1, 0.15) is 77.6 Å². The third-order valence-corrected chi connectivity index (χ3v) is 6.32. The summed E-state index contributed by atoms with van der Waals surface area (Å²) in [5.74, 6) is 0. The van der Waals surface area contributed by atoms with Crippen LogP contribution in [-0.4, -0.2) is 17.5 Å². The molecule has 2 saturated carbocycles. The predicted octanol–water partition coefficient (Wildman–Crippen LogP) is 5.46. The first-order valence-electron chi connectivity index (χ1n) is 8.05. The van der Waals surface area contributed by atoms with E-state index in [0.29, 0.717) is 11.5 Å². The van der Waals surface area contributed by atoms with E-state index in [1.165, 1.54) is 70.6 Å². The highest BCUT2D eigenvalue weighted by atomic mass is 79.9. The van der Waals surface area contributed by atoms with Crippen LogP contribution in [0.3, 0.4) is 0 Å². The van der Waals surface area contributed by atoms with Crippen molar-refractivity contribution in [2.75, 3.05) is 6.61 Å². The molecule has 2 atom stereocenters. The van der Waals surface area contributed by atoms with Gasteiger partial charge in [0, 0.05) is 16.8 Å². The normalized spacial score (nSPS) is 30.3. The zero-order chi connectivity index (χ0) is 12.8. The summed E-state index contributed by atoms with van der Waals surface area (Å²) in [7, 11) is 0. The summed E-state index contributed by atoms with van der Waals surface area (Å²) >= 11 is 3.88. The Kier molecular flexibility index (Phi) is 6.00. The lowest BCUT2D eigenvalue weighted by atomic mass is 9.58. The summed E-state index contributed by atoms with van der Waals surface area (Å²) in [6, 6.07) is 0. The smallest absolute Gasteiger partial charge is 0.0652 e. The van der Waals surface area contributed by atoms with Crippen LogP contribution in [0, 0.1) is 5.41 Å². The van der Waals surface area contributed by atoms with E-state index in [0.717, 1.165) is 11.4 Å². The first kappa shape index (κ1) is 14.8. The van der Waals surface area contributed by atoms with Gasteiger partial charge in [-0.25, -0.2) is 0 Å². The number of unbranched alkanes of at least 4 members (excludes halogenated alkanes) is 4. The number of alkyl halides is 1. The topological polar surface area (TPSA) is 9.23 Å². The van der Waals surface area contributed by atoms with Gasteiger partial charge in [-0.05, 0) is 25.7 Å². The molecule has 0 aromatic heterocycles. The van der Waals surface area contributed by atoms with Gasteiger partial charge in [0.05, 0.1) is 6.10 Å². The van der Waals surface area contributed by atoms with E-state index < -0.39 is 0 Å². The second kappa shape index (κ2) is 7.28. The minimum absolute atomic E-state index is 0.516. The molecule has 0 radical (unpaired) electrons. The van der Waals surface area contributed by atoms with Crippen molar-refractivity contribution in [3.8, 4) is 0 Å². The van der Waals surface area contributed by atoms with E-state index in [1.54, 1.807) is 0 Å². The summed E-state index contributed by atoms with van der Waals surface area (Å²) in [6.45, 7) is 3.27. The lowest BCUT2D eigenvalue weighted by Gasteiger charge is -2.55. The first-order chi connectivity index (χ1) is 8.79. The van der Waals surface area contributed by atoms with Gasteiger partial charge in [0.25, 0.3) is 0 Å². The summed E-state index contributed by atoms with van der Waals surface area (Å²) in [4.78, 5) is 0.732. The van der Waals surface area contributed by atoms with Gasteiger partial charge in [0.1, 0.15) is 0 Å². The summed E-state index contributed by atoms with van der Waals surface area (Å²) in [5.41, 5.74) is 0.516. The van der Waals surface area contributed by atoms with Crippen LogP contribution in [0.2, 0.25) is 0 Å². The quantitative estimate of drug-likeness (QED) is 0.447. The average Bonchev–Trinajstić information content (AvgIpc) is 2.42. The van der Waals surface area contributed by atoms with Crippen LogP contribution in [0.25, 0.3) is 0 Å². The van der Waals surface area contributed by atoms with Crippen LogP contribution in [0.4, 0.5) is 0 Å². The van der Waals surface area contributed by atoms with E-state index in [-0.39, 0.29) is 0 Å². The van der Waals surface area contributed by atoms with Crippen molar-refractivity contribution in [2.24, 2.45) is 5.41 Å². The molecule has 0 aliphatic heterocycles. The fraction of sp³-hybridized carbons (Fsp3) is 1.00. The number of ether oxygens (including phenoxy) is 1. The molecule has 0 heterocycles. The summed E-state index contributed by atoms with van der Waals surface area (Å²) in [5, 5.41) is 0. The molecular formula is C16H29BrO. The minimum Gasteiger partial charge on any atom is -0.378 e. The molecular weight excluding hydrogens is 288 g/mol. The molecule has 2 aliphatic rings. The standard InChI is InChI=1S/C16H29BrO/c1-2-3-4-5-9-12-18-15-13-14(17)16(15)10-7-6-8-11-16/h14-15H,2-13H2,1H3. The number of hydrogen-bond acceptors (Lipinski definition) is 1. The van der Waals surface area contributed by atoms with Crippen molar-refractivity contribution in [1.82, 2.24) is 0 Å². The third-order valence-electron chi connectivity index (χ3n) is 5.04. The van der Waals surface area contributed by atoms with Crippen molar-refractivity contribution in [2.45, 2.75) is 88.5 Å². The molecule has 0 amide bonds. The third kappa shape index (κ3) is 3.30. The molecule has 0 saturated heterocycles. The second-order valence-electron chi connectivity index (χ2n) is 6.27. The highest BCUT2D eigenvalue weighted by molar-refractivity contribution is 9.09. The van der Waals surface area contributed by atoms with Gasteiger partial charge in [0.2, 0.25) is 0 Å².